The summed E-state index contributed by atoms with van der Waals surface area (Å²) in [4.78, 5) is 2.54. The number of hydrogen-bond acceptors (Lipinski definition) is 3. The minimum absolute atomic E-state index is 0.599. The van der Waals surface area contributed by atoms with Crippen LogP contribution in [0.2, 0.25) is 0 Å². The molecule has 2 rings (SSSR count). The fraction of sp³-hybridized carbons (Fsp3) is 0.647. The molecule has 112 valence electrons. The van der Waals surface area contributed by atoms with Crippen LogP contribution in [0.4, 0.5) is 0 Å². The van der Waals surface area contributed by atoms with Gasteiger partial charge in [0.05, 0.1) is 5.60 Å². The lowest BCUT2D eigenvalue weighted by Crippen LogP contribution is -2.39. The van der Waals surface area contributed by atoms with E-state index in [0.29, 0.717) is 12.5 Å². The van der Waals surface area contributed by atoms with E-state index in [2.05, 4.69) is 17.1 Å². The van der Waals surface area contributed by atoms with Crippen LogP contribution in [0.3, 0.4) is 0 Å². The highest BCUT2D eigenvalue weighted by Crippen LogP contribution is 2.19. The normalized spacial score (nSPS) is 20.8. The van der Waals surface area contributed by atoms with Crippen molar-refractivity contribution >= 4 is 0 Å². The number of aliphatic hydroxyl groups is 1. The van der Waals surface area contributed by atoms with Crippen LogP contribution in [-0.4, -0.2) is 42.7 Å². The van der Waals surface area contributed by atoms with Crippen LogP contribution in [0, 0.1) is 5.92 Å². The van der Waals surface area contributed by atoms with Crippen molar-refractivity contribution in [2.24, 2.45) is 5.92 Å². The van der Waals surface area contributed by atoms with E-state index < -0.39 is 5.60 Å². The molecule has 1 aromatic rings. The topological polar surface area (TPSA) is 35.5 Å². The standard InChI is InChI=1S/C17H28N2O/c1-15(13-19-10-6-7-11-19)12-18-14-17(2,20)16-8-4-3-5-9-16/h3-5,8-9,15,18,20H,6-7,10-14H2,1-2H3. The van der Waals surface area contributed by atoms with E-state index in [4.69, 9.17) is 0 Å². The number of hydrogen-bond donors (Lipinski definition) is 2. The molecular formula is C17H28N2O. The molecular weight excluding hydrogens is 248 g/mol. The SMILES string of the molecule is CC(CNCC(C)(O)c1ccccc1)CN1CCCC1. The van der Waals surface area contributed by atoms with Gasteiger partial charge in [0.15, 0.2) is 0 Å². The van der Waals surface area contributed by atoms with Gasteiger partial charge in [-0.2, -0.15) is 0 Å². The predicted octanol–water partition coefficient (Wildman–Crippen LogP) is 2.22. The molecule has 0 amide bonds. The Kier molecular flexibility index (Phi) is 5.58. The van der Waals surface area contributed by atoms with Crippen molar-refractivity contribution in [1.29, 1.82) is 0 Å². The van der Waals surface area contributed by atoms with Crippen LogP contribution in [0.15, 0.2) is 30.3 Å². The molecule has 0 aliphatic carbocycles. The van der Waals surface area contributed by atoms with Gasteiger partial charge in [-0.15, -0.1) is 0 Å². The van der Waals surface area contributed by atoms with E-state index in [1.54, 1.807) is 0 Å². The van der Waals surface area contributed by atoms with E-state index >= 15 is 0 Å². The molecule has 0 spiro atoms. The van der Waals surface area contributed by atoms with Crippen molar-refractivity contribution in [3.8, 4) is 0 Å². The Morgan fingerprint density at radius 1 is 1.25 bits per heavy atom. The van der Waals surface area contributed by atoms with E-state index in [1.165, 1.54) is 32.5 Å². The van der Waals surface area contributed by atoms with E-state index in [0.717, 1.165) is 12.1 Å². The van der Waals surface area contributed by atoms with Crippen molar-refractivity contribution < 1.29 is 5.11 Å². The van der Waals surface area contributed by atoms with Gasteiger partial charge in [-0.3, -0.25) is 0 Å². The molecule has 2 unspecified atom stereocenters. The maximum Gasteiger partial charge on any atom is 0.0992 e. The van der Waals surface area contributed by atoms with Gasteiger partial charge in [-0.05, 0) is 50.9 Å². The Hall–Kier alpha value is -0.900. The number of rotatable bonds is 7. The number of nitrogens with one attached hydrogen (secondary N) is 1. The third-order valence-electron chi connectivity index (χ3n) is 4.13. The van der Waals surface area contributed by atoms with Crippen molar-refractivity contribution in [1.82, 2.24) is 10.2 Å². The lowest BCUT2D eigenvalue weighted by atomic mass is 9.96. The third-order valence-corrected chi connectivity index (χ3v) is 4.13. The summed E-state index contributed by atoms with van der Waals surface area (Å²) in [6.07, 6.45) is 2.70. The van der Waals surface area contributed by atoms with Crippen molar-refractivity contribution in [3.63, 3.8) is 0 Å². The van der Waals surface area contributed by atoms with E-state index in [1.807, 2.05) is 37.3 Å². The predicted molar refractivity (Wildman–Crippen MR) is 83.7 cm³/mol. The Morgan fingerprint density at radius 2 is 1.90 bits per heavy atom. The van der Waals surface area contributed by atoms with Gasteiger partial charge < -0.3 is 15.3 Å². The van der Waals surface area contributed by atoms with Gasteiger partial charge in [-0.1, -0.05) is 37.3 Å². The Balaban J connectivity index is 1.71. The monoisotopic (exact) mass is 276 g/mol. The van der Waals surface area contributed by atoms with Gasteiger partial charge in [0, 0.05) is 13.1 Å². The molecule has 2 N–H and O–H groups in total. The second-order valence-electron chi connectivity index (χ2n) is 6.38. The quantitative estimate of drug-likeness (QED) is 0.801. The highest BCUT2D eigenvalue weighted by atomic mass is 16.3. The first-order valence-corrected chi connectivity index (χ1v) is 7.79. The molecule has 0 bridgehead atoms. The molecule has 20 heavy (non-hydrogen) atoms. The zero-order valence-corrected chi connectivity index (χ0v) is 12.8. The summed E-state index contributed by atoms with van der Waals surface area (Å²) in [7, 11) is 0. The minimum atomic E-state index is -0.797. The van der Waals surface area contributed by atoms with Gasteiger partial charge in [0.1, 0.15) is 0 Å². The van der Waals surface area contributed by atoms with Gasteiger partial charge >= 0.3 is 0 Å². The molecule has 1 saturated heterocycles. The molecule has 1 aliphatic rings. The third kappa shape index (κ3) is 4.58. The first-order chi connectivity index (χ1) is 9.58. The average molecular weight is 276 g/mol. The fourth-order valence-corrected chi connectivity index (χ4v) is 2.93. The number of nitrogens with zero attached hydrogens (tertiary/aromatic N) is 1. The minimum Gasteiger partial charge on any atom is -0.384 e. The first-order valence-electron chi connectivity index (χ1n) is 7.79. The second kappa shape index (κ2) is 7.21. The van der Waals surface area contributed by atoms with Crippen molar-refractivity contribution in [3.05, 3.63) is 35.9 Å². The number of benzene rings is 1. The van der Waals surface area contributed by atoms with E-state index in [9.17, 15) is 5.11 Å². The highest BCUT2D eigenvalue weighted by molar-refractivity contribution is 5.21. The molecule has 1 fully saturated rings. The maximum atomic E-state index is 10.5. The summed E-state index contributed by atoms with van der Waals surface area (Å²) in [6.45, 7) is 9.39. The molecule has 3 heteroatoms. The summed E-state index contributed by atoms with van der Waals surface area (Å²) in [5.74, 6) is 0.625. The Morgan fingerprint density at radius 3 is 2.55 bits per heavy atom. The molecule has 0 aromatic heterocycles. The molecule has 1 heterocycles. The van der Waals surface area contributed by atoms with Crippen LogP contribution in [0.1, 0.15) is 32.3 Å². The Bertz CT molecular complexity index is 385. The lowest BCUT2D eigenvalue weighted by Gasteiger charge is -2.26. The smallest absolute Gasteiger partial charge is 0.0992 e. The largest absolute Gasteiger partial charge is 0.384 e. The van der Waals surface area contributed by atoms with Crippen LogP contribution < -0.4 is 5.32 Å². The Labute approximate surface area is 123 Å². The van der Waals surface area contributed by atoms with Crippen LogP contribution in [-0.2, 0) is 5.60 Å². The molecule has 3 nitrogen and oxygen atoms in total. The fourth-order valence-electron chi connectivity index (χ4n) is 2.93. The number of likely N-dealkylation sites (tertiary alicyclic amines) is 1. The lowest BCUT2D eigenvalue weighted by molar-refractivity contribution is 0.0558. The molecule has 0 saturated carbocycles. The van der Waals surface area contributed by atoms with Gasteiger partial charge in [-0.25, -0.2) is 0 Å². The summed E-state index contributed by atoms with van der Waals surface area (Å²) < 4.78 is 0. The summed E-state index contributed by atoms with van der Waals surface area (Å²) in [6, 6.07) is 9.88. The van der Waals surface area contributed by atoms with Gasteiger partial charge in [0.25, 0.3) is 0 Å². The van der Waals surface area contributed by atoms with Crippen molar-refractivity contribution in [2.75, 3.05) is 32.7 Å². The summed E-state index contributed by atoms with van der Waals surface area (Å²) in [5, 5.41) is 13.9. The molecule has 0 radical (unpaired) electrons. The molecule has 1 aliphatic heterocycles. The highest BCUT2D eigenvalue weighted by Gasteiger charge is 2.22. The zero-order valence-electron chi connectivity index (χ0n) is 12.8. The second-order valence-corrected chi connectivity index (χ2v) is 6.38. The van der Waals surface area contributed by atoms with Crippen LogP contribution >= 0.6 is 0 Å². The maximum absolute atomic E-state index is 10.5. The van der Waals surface area contributed by atoms with Gasteiger partial charge in [0.2, 0.25) is 0 Å². The first kappa shape index (κ1) is 15.5. The summed E-state index contributed by atoms with van der Waals surface area (Å²) >= 11 is 0. The van der Waals surface area contributed by atoms with Crippen LogP contribution in [0.5, 0.6) is 0 Å². The average Bonchev–Trinajstić information content (AvgIpc) is 2.92. The molecule has 2 atom stereocenters. The van der Waals surface area contributed by atoms with Crippen LogP contribution in [0.25, 0.3) is 0 Å². The van der Waals surface area contributed by atoms with Crippen molar-refractivity contribution in [2.45, 2.75) is 32.3 Å². The zero-order chi connectivity index (χ0) is 14.4. The molecule has 1 aromatic carbocycles. The summed E-state index contributed by atoms with van der Waals surface area (Å²) in [5.41, 5.74) is 0.175. The van der Waals surface area contributed by atoms with E-state index in [-0.39, 0.29) is 0 Å².